The van der Waals surface area contributed by atoms with Crippen LogP contribution in [0, 0.1) is 12.8 Å². The van der Waals surface area contributed by atoms with E-state index in [9.17, 15) is 22.8 Å². The van der Waals surface area contributed by atoms with Crippen LogP contribution in [0.15, 0.2) is 53.4 Å². The summed E-state index contributed by atoms with van der Waals surface area (Å²) in [5.74, 6) is -1.02. The van der Waals surface area contributed by atoms with E-state index in [1.165, 1.54) is 17.0 Å². The average molecular weight is 500 g/mol. The van der Waals surface area contributed by atoms with Crippen molar-refractivity contribution >= 4 is 27.7 Å². The number of hydrogen-bond donors (Lipinski definition) is 1. The molecule has 0 fully saturated rings. The standard InChI is InChI=1S/C26H33N3O5S/c1-5-22(25(31)27-16-18(2)3)28(17-20-11-7-6-10-19(20)4)24(30)14-15-29-26(32)21-12-8-9-13-23(21)35(29,33)34/h6-13,18,22H,5,14-17H2,1-4H3,(H,27,31). The van der Waals surface area contributed by atoms with Gasteiger partial charge in [-0.25, -0.2) is 12.7 Å². The van der Waals surface area contributed by atoms with Crippen molar-refractivity contribution in [3.8, 4) is 0 Å². The fraction of sp³-hybridized carbons (Fsp3) is 0.423. The van der Waals surface area contributed by atoms with E-state index in [4.69, 9.17) is 0 Å². The molecule has 0 aliphatic carbocycles. The summed E-state index contributed by atoms with van der Waals surface area (Å²) >= 11 is 0. The van der Waals surface area contributed by atoms with Crippen molar-refractivity contribution in [1.29, 1.82) is 0 Å². The molecule has 35 heavy (non-hydrogen) atoms. The molecule has 9 heteroatoms. The molecule has 8 nitrogen and oxygen atoms in total. The van der Waals surface area contributed by atoms with Gasteiger partial charge in [-0.05, 0) is 42.5 Å². The predicted octanol–water partition coefficient (Wildman–Crippen LogP) is 3.11. The number of carbonyl (C=O) groups excluding carboxylic acids is 3. The van der Waals surface area contributed by atoms with Gasteiger partial charge < -0.3 is 10.2 Å². The van der Waals surface area contributed by atoms with Crippen molar-refractivity contribution in [3.63, 3.8) is 0 Å². The SMILES string of the molecule is CCC(C(=O)NCC(C)C)N(Cc1ccccc1C)C(=O)CCN1C(=O)c2ccccc2S1(=O)=O. The molecule has 3 rings (SSSR count). The molecule has 2 aromatic carbocycles. The fourth-order valence-corrected chi connectivity index (χ4v) is 5.68. The summed E-state index contributed by atoms with van der Waals surface area (Å²) in [6.07, 6.45) is 0.173. The molecule has 2 aromatic rings. The zero-order valence-corrected chi connectivity index (χ0v) is 21.5. The van der Waals surface area contributed by atoms with Crippen LogP contribution in [-0.2, 0) is 26.2 Å². The Balaban J connectivity index is 1.83. The summed E-state index contributed by atoms with van der Waals surface area (Å²) in [6.45, 7) is 8.16. The van der Waals surface area contributed by atoms with Crippen LogP contribution in [-0.4, -0.2) is 54.5 Å². The zero-order valence-electron chi connectivity index (χ0n) is 20.7. The largest absolute Gasteiger partial charge is 0.354 e. The number of rotatable bonds is 10. The summed E-state index contributed by atoms with van der Waals surface area (Å²) in [6, 6.07) is 12.9. The topological polar surface area (TPSA) is 104 Å². The maximum Gasteiger partial charge on any atom is 0.269 e. The third kappa shape index (κ3) is 5.73. The Morgan fingerprint density at radius 2 is 1.71 bits per heavy atom. The maximum absolute atomic E-state index is 13.5. The molecule has 1 aliphatic heterocycles. The van der Waals surface area contributed by atoms with Gasteiger partial charge >= 0.3 is 0 Å². The number of aryl methyl sites for hydroxylation is 1. The highest BCUT2D eigenvalue weighted by molar-refractivity contribution is 7.90. The molecule has 1 unspecified atom stereocenters. The van der Waals surface area contributed by atoms with Crippen molar-refractivity contribution in [2.45, 2.75) is 58.0 Å². The van der Waals surface area contributed by atoms with Gasteiger partial charge in [0.05, 0.1) is 5.56 Å². The first-order valence-corrected chi connectivity index (χ1v) is 13.3. The molecule has 0 aromatic heterocycles. The number of nitrogens with zero attached hydrogens (tertiary/aromatic N) is 2. The zero-order chi connectivity index (χ0) is 25.8. The summed E-state index contributed by atoms with van der Waals surface area (Å²) in [7, 11) is -4.01. The number of amides is 3. The van der Waals surface area contributed by atoms with E-state index in [2.05, 4.69) is 5.32 Å². The van der Waals surface area contributed by atoms with Crippen molar-refractivity contribution < 1.29 is 22.8 Å². The second-order valence-corrected chi connectivity index (χ2v) is 11.0. The van der Waals surface area contributed by atoms with Crippen molar-refractivity contribution in [2.24, 2.45) is 5.92 Å². The number of hydrogen-bond acceptors (Lipinski definition) is 5. The van der Waals surface area contributed by atoms with E-state index in [1.54, 1.807) is 12.1 Å². The van der Waals surface area contributed by atoms with E-state index >= 15 is 0 Å². The van der Waals surface area contributed by atoms with E-state index in [0.29, 0.717) is 13.0 Å². The van der Waals surface area contributed by atoms with Crippen LogP contribution in [0.3, 0.4) is 0 Å². The molecule has 1 atom stereocenters. The minimum atomic E-state index is -4.01. The number of nitrogens with one attached hydrogen (secondary N) is 1. The second-order valence-electron chi connectivity index (χ2n) is 9.14. The van der Waals surface area contributed by atoms with Crippen LogP contribution in [0.5, 0.6) is 0 Å². The highest BCUT2D eigenvalue weighted by Gasteiger charge is 2.41. The summed E-state index contributed by atoms with van der Waals surface area (Å²) in [5.41, 5.74) is 1.99. The molecule has 0 saturated carbocycles. The quantitative estimate of drug-likeness (QED) is 0.541. The highest BCUT2D eigenvalue weighted by Crippen LogP contribution is 2.30. The smallest absolute Gasteiger partial charge is 0.269 e. The molecule has 188 valence electrons. The third-order valence-electron chi connectivity index (χ3n) is 6.11. The van der Waals surface area contributed by atoms with E-state index in [-0.39, 0.29) is 41.8 Å². The lowest BCUT2D eigenvalue weighted by molar-refractivity contribution is -0.141. The van der Waals surface area contributed by atoms with Gasteiger partial charge in [0, 0.05) is 26.1 Å². The van der Waals surface area contributed by atoms with Gasteiger partial charge in [-0.1, -0.05) is 57.2 Å². The van der Waals surface area contributed by atoms with Gasteiger partial charge in [-0.15, -0.1) is 0 Å². The molecule has 1 aliphatic rings. The van der Waals surface area contributed by atoms with Gasteiger partial charge in [-0.3, -0.25) is 14.4 Å². The number of fused-ring (bicyclic) bond motifs is 1. The predicted molar refractivity (Wildman–Crippen MR) is 133 cm³/mol. The Kier molecular flexibility index (Phi) is 8.32. The molecule has 3 amide bonds. The Bertz CT molecular complexity index is 1210. The van der Waals surface area contributed by atoms with Gasteiger partial charge in [0.15, 0.2) is 0 Å². The first-order valence-electron chi connectivity index (χ1n) is 11.9. The second kappa shape index (κ2) is 11.0. The van der Waals surface area contributed by atoms with Crippen molar-refractivity contribution in [3.05, 3.63) is 65.2 Å². The summed E-state index contributed by atoms with van der Waals surface area (Å²) < 4.78 is 26.5. The number of benzene rings is 2. The van der Waals surface area contributed by atoms with Crippen LogP contribution in [0.4, 0.5) is 0 Å². The van der Waals surface area contributed by atoms with Gasteiger partial charge in [0.25, 0.3) is 15.9 Å². The Hall–Kier alpha value is -3.20. The summed E-state index contributed by atoms with van der Waals surface area (Å²) in [4.78, 5) is 40.6. The Morgan fingerprint density at radius 3 is 2.34 bits per heavy atom. The lowest BCUT2D eigenvalue weighted by atomic mass is 10.1. The average Bonchev–Trinajstić information content (AvgIpc) is 3.02. The van der Waals surface area contributed by atoms with Crippen LogP contribution in [0.1, 0.15) is 55.1 Å². The monoisotopic (exact) mass is 499 g/mol. The van der Waals surface area contributed by atoms with Crippen LogP contribution < -0.4 is 5.32 Å². The van der Waals surface area contributed by atoms with E-state index < -0.39 is 27.9 Å². The summed E-state index contributed by atoms with van der Waals surface area (Å²) in [5, 5.41) is 2.90. The first-order chi connectivity index (χ1) is 16.6. The van der Waals surface area contributed by atoms with Gasteiger partial charge in [-0.2, -0.15) is 0 Å². The molecule has 0 radical (unpaired) electrons. The molecule has 1 heterocycles. The van der Waals surface area contributed by atoms with E-state index in [0.717, 1.165) is 15.4 Å². The van der Waals surface area contributed by atoms with Crippen LogP contribution in [0.2, 0.25) is 0 Å². The molecule has 0 saturated heterocycles. The van der Waals surface area contributed by atoms with Gasteiger partial charge in [0.2, 0.25) is 11.8 Å². The van der Waals surface area contributed by atoms with Crippen LogP contribution in [0.25, 0.3) is 0 Å². The van der Waals surface area contributed by atoms with E-state index in [1.807, 2.05) is 52.0 Å². The number of carbonyl (C=O) groups is 3. The van der Waals surface area contributed by atoms with Crippen molar-refractivity contribution in [1.82, 2.24) is 14.5 Å². The Labute approximate surface area is 207 Å². The minimum absolute atomic E-state index is 0.0475. The molecule has 0 spiro atoms. The normalized spacial score (nSPS) is 15.1. The Morgan fingerprint density at radius 1 is 1.06 bits per heavy atom. The lowest BCUT2D eigenvalue weighted by Gasteiger charge is -2.31. The fourth-order valence-electron chi connectivity index (χ4n) is 4.11. The highest BCUT2D eigenvalue weighted by atomic mass is 32.2. The number of sulfonamides is 1. The van der Waals surface area contributed by atoms with Gasteiger partial charge in [0.1, 0.15) is 10.9 Å². The van der Waals surface area contributed by atoms with Crippen LogP contribution >= 0.6 is 0 Å². The molecular weight excluding hydrogens is 466 g/mol. The minimum Gasteiger partial charge on any atom is -0.354 e. The lowest BCUT2D eigenvalue weighted by Crippen LogP contribution is -2.50. The third-order valence-corrected chi connectivity index (χ3v) is 7.95. The van der Waals surface area contributed by atoms with Crippen molar-refractivity contribution in [2.75, 3.05) is 13.1 Å². The molecular formula is C26H33N3O5S. The molecule has 0 bridgehead atoms. The molecule has 1 N–H and O–H groups in total. The first kappa shape index (κ1) is 26.4. The maximum atomic E-state index is 13.5.